The van der Waals surface area contributed by atoms with E-state index in [1.807, 2.05) is 16.6 Å². The molecule has 0 aromatic rings. The van der Waals surface area contributed by atoms with E-state index in [1.54, 1.807) is 0 Å². The molecule has 0 aromatic heterocycles. The van der Waals surface area contributed by atoms with Crippen molar-refractivity contribution in [3.05, 3.63) is 16.6 Å². The first-order valence-corrected chi connectivity index (χ1v) is 26.3. The summed E-state index contributed by atoms with van der Waals surface area (Å²) >= 11 is 0. The van der Waals surface area contributed by atoms with Gasteiger partial charge in [0, 0.05) is 0 Å². The zero-order valence-electron chi connectivity index (χ0n) is 29.4. The van der Waals surface area contributed by atoms with E-state index in [0.717, 1.165) is 0 Å². The number of hydrogen-bond donors (Lipinski definition) is 0. The van der Waals surface area contributed by atoms with Crippen LogP contribution in [0.1, 0.15) is 159 Å². The summed E-state index contributed by atoms with van der Waals surface area (Å²) in [6.07, 6.45) is 22.3. The van der Waals surface area contributed by atoms with Crippen molar-refractivity contribution in [2.24, 2.45) is 0 Å². The van der Waals surface area contributed by atoms with Crippen molar-refractivity contribution in [3.8, 4) is 0 Å². The van der Waals surface area contributed by atoms with Crippen molar-refractivity contribution in [2.45, 2.75) is 213 Å². The molecule has 0 spiro atoms. The van der Waals surface area contributed by atoms with Crippen LogP contribution in [0.5, 0.6) is 0 Å². The monoisotopic (exact) mass is 643 g/mol. The number of rotatable bonds is 12. The Kier molecular flexibility index (Phi) is 23.3. The van der Waals surface area contributed by atoms with E-state index in [-0.39, 0.29) is 17.4 Å². The second-order valence-electron chi connectivity index (χ2n) is 13.5. The van der Waals surface area contributed by atoms with Crippen LogP contribution in [0, 0.1) is 16.6 Å². The zero-order chi connectivity index (χ0) is 29.2. The molecule has 0 N–H and O–H groups in total. The summed E-state index contributed by atoms with van der Waals surface area (Å²) in [7, 11) is -2.70. The SMILES string of the molecule is CC[Si](CC)(CC)[C-]1CCCCC1.CC[Si](CC)(CC)[C-]1CCCCC1.CC[Si](CC)(CC)[C-]1CCCCC1.[Cr+3]. The van der Waals surface area contributed by atoms with E-state index in [4.69, 9.17) is 0 Å². The molecule has 3 aliphatic carbocycles. The van der Waals surface area contributed by atoms with Crippen LogP contribution in [-0.4, -0.2) is 24.2 Å². The predicted octanol–water partition coefficient (Wildman–Crippen LogP) is 13.7. The van der Waals surface area contributed by atoms with Gasteiger partial charge in [-0.15, -0.1) is 0 Å². The molecule has 3 aliphatic rings. The third-order valence-electron chi connectivity index (χ3n) is 12.7. The normalized spacial score (nSPS) is 20.0. The van der Waals surface area contributed by atoms with Gasteiger partial charge in [0.05, 0.1) is 0 Å². The number of hydrogen-bond acceptors (Lipinski definition) is 0. The van der Waals surface area contributed by atoms with Gasteiger partial charge >= 0.3 is 17.4 Å². The maximum atomic E-state index is 2.43. The maximum absolute atomic E-state index is 2.43. The topological polar surface area (TPSA) is 0 Å². The Hall–Kier alpha value is 1.18. The fraction of sp³-hybridized carbons (Fsp3) is 0.917. The molecular weight excluding hydrogens is 569 g/mol. The summed E-state index contributed by atoms with van der Waals surface area (Å²) in [6.45, 7) is 21.9. The van der Waals surface area contributed by atoms with Gasteiger partial charge in [-0.2, -0.15) is 38.5 Å². The molecule has 0 aromatic carbocycles. The van der Waals surface area contributed by atoms with Gasteiger partial charge in [0.15, 0.2) is 0 Å². The van der Waals surface area contributed by atoms with Crippen LogP contribution in [-0.2, 0) is 17.4 Å². The molecule has 40 heavy (non-hydrogen) atoms. The van der Waals surface area contributed by atoms with Gasteiger partial charge in [0.2, 0.25) is 0 Å². The molecule has 0 atom stereocenters. The van der Waals surface area contributed by atoms with Crippen molar-refractivity contribution in [2.75, 3.05) is 0 Å². The molecule has 0 unspecified atom stereocenters. The molecule has 4 heteroatoms. The average Bonchev–Trinajstić information content (AvgIpc) is 3.03. The molecule has 0 aliphatic heterocycles. The first-order valence-electron chi connectivity index (χ1n) is 18.4. The molecule has 3 rings (SSSR count). The standard InChI is InChI=1S/3C12H25Si.Cr/c3*1-4-13(5-2,6-3)12-10-8-7-9-11-12;/h3*4-11H2,1-3H3;/q3*-1;+3. The molecule has 1 radical (unpaired) electrons. The molecule has 0 nitrogen and oxygen atoms in total. The van der Waals surface area contributed by atoms with E-state index in [1.165, 1.54) is 151 Å². The Bertz CT molecular complexity index is 459. The van der Waals surface area contributed by atoms with Crippen molar-refractivity contribution < 1.29 is 17.4 Å². The quantitative estimate of drug-likeness (QED) is 0.147. The van der Waals surface area contributed by atoms with Crippen LogP contribution in [0.25, 0.3) is 0 Å². The summed E-state index contributed by atoms with van der Waals surface area (Å²) in [4.78, 5) is 0. The van der Waals surface area contributed by atoms with Crippen LogP contribution in [0.15, 0.2) is 0 Å². The third-order valence-corrected chi connectivity index (χ3v) is 30.9. The van der Waals surface area contributed by atoms with Crippen LogP contribution in [0.3, 0.4) is 0 Å². The van der Waals surface area contributed by atoms with Gasteiger partial charge in [-0.3, -0.25) is 0 Å². The van der Waals surface area contributed by atoms with Gasteiger partial charge in [-0.1, -0.05) is 199 Å². The molecule has 237 valence electrons. The summed E-state index contributed by atoms with van der Waals surface area (Å²) in [6, 6.07) is 13.5. The average molecular weight is 644 g/mol. The van der Waals surface area contributed by atoms with Crippen LogP contribution in [0.4, 0.5) is 0 Å². The minimum Gasteiger partial charge on any atom is -0.312 e. The van der Waals surface area contributed by atoms with E-state index >= 15 is 0 Å². The van der Waals surface area contributed by atoms with Crippen molar-refractivity contribution in [1.29, 1.82) is 0 Å². The summed E-state index contributed by atoms with van der Waals surface area (Å²) in [5.74, 6) is 0. The summed E-state index contributed by atoms with van der Waals surface area (Å²) in [5.41, 5.74) is 6.10. The first-order chi connectivity index (χ1) is 18.9. The maximum Gasteiger partial charge on any atom is 3.00 e. The predicted molar refractivity (Wildman–Crippen MR) is 191 cm³/mol. The Morgan fingerprint density at radius 1 is 0.300 bits per heavy atom. The fourth-order valence-electron chi connectivity index (χ4n) is 9.03. The minimum atomic E-state index is -0.900. The van der Waals surface area contributed by atoms with E-state index in [9.17, 15) is 0 Å². The van der Waals surface area contributed by atoms with Gasteiger partial charge in [-0.25, -0.2) is 0 Å². The molecule has 3 saturated carbocycles. The van der Waals surface area contributed by atoms with Crippen molar-refractivity contribution in [3.63, 3.8) is 0 Å². The van der Waals surface area contributed by atoms with E-state index in [0.29, 0.717) is 0 Å². The van der Waals surface area contributed by atoms with Crippen LogP contribution >= 0.6 is 0 Å². The smallest absolute Gasteiger partial charge is 0.312 e. The molecule has 0 saturated heterocycles. The summed E-state index contributed by atoms with van der Waals surface area (Å²) in [5, 5.41) is 0. The molecule has 0 heterocycles. The van der Waals surface area contributed by atoms with Gasteiger partial charge in [0.25, 0.3) is 0 Å². The van der Waals surface area contributed by atoms with Gasteiger partial charge in [-0.05, 0) is 0 Å². The van der Waals surface area contributed by atoms with Crippen LogP contribution < -0.4 is 0 Å². The second kappa shape index (κ2) is 22.7. The fourth-order valence-corrected chi connectivity index (χ4v) is 22.3. The van der Waals surface area contributed by atoms with E-state index < -0.39 is 24.2 Å². The van der Waals surface area contributed by atoms with Gasteiger partial charge in [0.1, 0.15) is 0 Å². The second-order valence-corrected chi connectivity index (χ2v) is 29.7. The third kappa shape index (κ3) is 11.6. The molecule has 3 fully saturated rings. The zero-order valence-corrected chi connectivity index (χ0v) is 33.7. The molecular formula is C36H75CrSi3. The Balaban J connectivity index is 0.000000563. The van der Waals surface area contributed by atoms with E-state index in [2.05, 4.69) is 62.3 Å². The van der Waals surface area contributed by atoms with Crippen molar-refractivity contribution >= 4 is 24.2 Å². The molecule has 0 bridgehead atoms. The largest absolute Gasteiger partial charge is 3.00 e. The Labute approximate surface area is 270 Å². The Morgan fingerprint density at radius 2 is 0.450 bits per heavy atom. The van der Waals surface area contributed by atoms with Crippen molar-refractivity contribution in [1.82, 2.24) is 0 Å². The van der Waals surface area contributed by atoms with Gasteiger partial charge < -0.3 is 16.6 Å². The summed E-state index contributed by atoms with van der Waals surface area (Å²) < 4.78 is 0. The minimum absolute atomic E-state index is 0. The first kappa shape index (κ1) is 41.2. The Morgan fingerprint density at radius 3 is 0.575 bits per heavy atom. The molecule has 0 amide bonds. The van der Waals surface area contributed by atoms with Crippen LogP contribution in [0.2, 0.25) is 54.4 Å².